The molecule has 0 saturated heterocycles. The maximum Gasteiger partial charge on any atom is 0.0713 e. The highest BCUT2D eigenvalue weighted by molar-refractivity contribution is 5.21. The average Bonchev–Trinajstić information content (AvgIpc) is 2.32. The molecule has 96 valence electrons. The molecule has 1 aromatic rings. The maximum atomic E-state index is 9.21. The van der Waals surface area contributed by atoms with Gasteiger partial charge in [-0.3, -0.25) is 0 Å². The summed E-state index contributed by atoms with van der Waals surface area (Å²) in [6.07, 6.45) is 0. The summed E-state index contributed by atoms with van der Waals surface area (Å²) in [6, 6.07) is 8.49. The van der Waals surface area contributed by atoms with Gasteiger partial charge in [0.25, 0.3) is 0 Å². The molecule has 0 spiro atoms. The quantitative estimate of drug-likeness (QED) is 0.761. The molecule has 0 aromatic heterocycles. The monoisotopic (exact) mass is 237 g/mol. The van der Waals surface area contributed by atoms with E-state index in [0.29, 0.717) is 12.5 Å². The number of rotatable bonds is 7. The van der Waals surface area contributed by atoms with E-state index in [1.54, 1.807) is 7.11 Å². The summed E-state index contributed by atoms with van der Waals surface area (Å²) in [4.78, 5) is 0. The van der Waals surface area contributed by atoms with Crippen LogP contribution in [0, 0.1) is 5.92 Å². The Hall–Kier alpha value is -0.900. The van der Waals surface area contributed by atoms with Crippen LogP contribution in [0.3, 0.4) is 0 Å². The minimum atomic E-state index is 0.161. The van der Waals surface area contributed by atoms with E-state index in [1.807, 2.05) is 0 Å². The summed E-state index contributed by atoms with van der Waals surface area (Å²) in [5, 5.41) is 12.6. The van der Waals surface area contributed by atoms with Gasteiger partial charge >= 0.3 is 0 Å². The number of ether oxygens (including phenoxy) is 1. The third-order valence-corrected chi connectivity index (χ3v) is 2.90. The largest absolute Gasteiger partial charge is 0.395 e. The van der Waals surface area contributed by atoms with Crippen LogP contribution in [-0.4, -0.2) is 24.9 Å². The third kappa shape index (κ3) is 4.86. The molecular weight excluding hydrogens is 214 g/mol. The molecule has 0 bridgehead atoms. The molecule has 0 radical (unpaired) electrons. The lowest BCUT2D eigenvalue weighted by atomic mass is 10.0. The Bertz CT molecular complexity index is 309. The SMILES string of the molecule is COCc1ccc(CNC(CO)C(C)C)cc1. The number of aliphatic hydroxyl groups is 1. The Balaban J connectivity index is 2.46. The van der Waals surface area contributed by atoms with Crippen molar-refractivity contribution >= 4 is 0 Å². The van der Waals surface area contributed by atoms with Crippen LogP contribution >= 0.6 is 0 Å². The lowest BCUT2D eigenvalue weighted by Gasteiger charge is -2.20. The van der Waals surface area contributed by atoms with Gasteiger partial charge in [0.2, 0.25) is 0 Å². The molecule has 2 N–H and O–H groups in total. The zero-order chi connectivity index (χ0) is 12.7. The van der Waals surface area contributed by atoms with Crippen molar-refractivity contribution in [3.8, 4) is 0 Å². The van der Waals surface area contributed by atoms with Gasteiger partial charge < -0.3 is 15.2 Å². The van der Waals surface area contributed by atoms with Crippen molar-refractivity contribution in [1.82, 2.24) is 5.32 Å². The number of aliphatic hydroxyl groups excluding tert-OH is 1. The van der Waals surface area contributed by atoms with E-state index in [-0.39, 0.29) is 12.6 Å². The van der Waals surface area contributed by atoms with Gasteiger partial charge in [-0.1, -0.05) is 38.1 Å². The molecule has 0 aliphatic heterocycles. The highest BCUT2D eigenvalue weighted by atomic mass is 16.5. The second kappa shape index (κ2) is 7.43. The number of methoxy groups -OCH3 is 1. The lowest BCUT2D eigenvalue weighted by molar-refractivity contribution is 0.185. The van der Waals surface area contributed by atoms with Crippen LogP contribution in [0.1, 0.15) is 25.0 Å². The van der Waals surface area contributed by atoms with Gasteiger partial charge in [-0.05, 0) is 17.0 Å². The summed E-state index contributed by atoms with van der Waals surface area (Å²) < 4.78 is 5.07. The Morgan fingerprint density at radius 2 is 1.76 bits per heavy atom. The van der Waals surface area contributed by atoms with Crippen molar-refractivity contribution in [2.24, 2.45) is 5.92 Å². The fraction of sp³-hybridized carbons (Fsp3) is 0.571. The molecule has 1 rings (SSSR count). The van der Waals surface area contributed by atoms with E-state index in [1.165, 1.54) is 11.1 Å². The fourth-order valence-electron chi connectivity index (χ4n) is 1.68. The molecular formula is C14H23NO2. The molecule has 3 nitrogen and oxygen atoms in total. The molecule has 1 atom stereocenters. The van der Waals surface area contributed by atoms with Crippen LogP contribution in [-0.2, 0) is 17.9 Å². The lowest BCUT2D eigenvalue weighted by Crippen LogP contribution is -2.36. The Kier molecular flexibility index (Phi) is 6.19. The fourth-order valence-corrected chi connectivity index (χ4v) is 1.68. The molecule has 1 unspecified atom stereocenters. The van der Waals surface area contributed by atoms with Gasteiger partial charge in [0.15, 0.2) is 0 Å². The number of hydrogen-bond acceptors (Lipinski definition) is 3. The van der Waals surface area contributed by atoms with Crippen LogP contribution in [0.25, 0.3) is 0 Å². The van der Waals surface area contributed by atoms with E-state index in [4.69, 9.17) is 4.74 Å². The van der Waals surface area contributed by atoms with Crippen LogP contribution < -0.4 is 5.32 Å². The van der Waals surface area contributed by atoms with Crippen molar-refractivity contribution in [2.45, 2.75) is 33.0 Å². The average molecular weight is 237 g/mol. The summed E-state index contributed by atoms with van der Waals surface area (Å²) in [5.41, 5.74) is 2.41. The van der Waals surface area contributed by atoms with E-state index >= 15 is 0 Å². The molecule has 1 aromatic carbocycles. The van der Waals surface area contributed by atoms with Gasteiger partial charge in [0, 0.05) is 19.7 Å². The van der Waals surface area contributed by atoms with Crippen molar-refractivity contribution in [3.63, 3.8) is 0 Å². The molecule has 0 aliphatic rings. The van der Waals surface area contributed by atoms with Gasteiger partial charge in [-0.15, -0.1) is 0 Å². The molecule has 0 amide bonds. The predicted octanol–water partition coefficient (Wildman–Crippen LogP) is 1.94. The number of nitrogens with one attached hydrogen (secondary N) is 1. The Morgan fingerprint density at radius 3 is 2.24 bits per heavy atom. The first-order valence-corrected chi connectivity index (χ1v) is 6.08. The molecule has 0 aliphatic carbocycles. The van der Waals surface area contributed by atoms with Gasteiger partial charge in [-0.2, -0.15) is 0 Å². The van der Waals surface area contributed by atoms with Crippen LogP contribution in [0.2, 0.25) is 0 Å². The maximum absolute atomic E-state index is 9.21. The van der Waals surface area contributed by atoms with Crippen LogP contribution in [0.5, 0.6) is 0 Å². The van der Waals surface area contributed by atoms with Crippen LogP contribution in [0.15, 0.2) is 24.3 Å². The molecule has 3 heteroatoms. The molecule has 0 fully saturated rings. The van der Waals surface area contributed by atoms with Gasteiger partial charge in [0.05, 0.1) is 13.2 Å². The zero-order valence-electron chi connectivity index (χ0n) is 10.9. The normalized spacial score (nSPS) is 13.0. The van der Waals surface area contributed by atoms with Crippen molar-refractivity contribution in [1.29, 1.82) is 0 Å². The van der Waals surface area contributed by atoms with E-state index < -0.39 is 0 Å². The highest BCUT2D eigenvalue weighted by Gasteiger charge is 2.10. The zero-order valence-corrected chi connectivity index (χ0v) is 10.9. The first-order chi connectivity index (χ1) is 8.17. The van der Waals surface area contributed by atoms with Crippen molar-refractivity contribution < 1.29 is 9.84 Å². The Morgan fingerprint density at radius 1 is 1.18 bits per heavy atom. The van der Waals surface area contributed by atoms with E-state index in [0.717, 1.165) is 6.54 Å². The number of benzene rings is 1. The minimum Gasteiger partial charge on any atom is -0.395 e. The second-order valence-electron chi connectivity index (χ2n) is 4.66. The summed E-state index contributed by atoms with van der Waals surface area (Å²) >= 11 is 0. The molecule has 17 heavy (non-hydrogen) atoms. The Labute approximate surface area is 104 Å². The standard InChI is InChI=1S/C14H23NO2/c1-11(2)14(9-16)15-8-12-4-6-13(7-5-12)10-17-3/h4-7,11,14-16H,8-10H2,1-3H3. The minimum absolute atomic E-state index is 0.161. The first-order valence-electron chi connectivity index (χ1n) is 6.08. The van der Waals surface area contributed by atoms with Crippen molar-refractivity contribution in [2.75, 3.05) is 13.7 Å². The van der Waals surface area contributed by atoms with Crippen molar-refractivity contribution in [3.05, 3.63) is 35.4 Å². The van der Waals surface area contributed by atoms with E-state index in [9.17, 15) is 5.11 Å². The molecule has 0 saturated carbocycles. The third-order valence-electron chi connectivity index (χ3n) is 2.90. The summed E-state index contributed by atoms with van der Waals surface area (Å²) in [5.74, 6) is 0.438. The number of hydrogen-bond donors (Lipinski definition) is 2. The van der Waals surface area contributed by atoms with Gasteiger partial charge in [-0.25, -0.2) is 0 Å². The van der Waals surface area contributed by atoms with Crippen LogP contribution in [0.4, 0.5) is 0 Å². The molecule has 0 heterocycles. The van der Waals surface area contributed by atoms with Gasteiger partial charge in [0.1, 0.15) is 0 Å². The van der Waals surface area contributed by atoms with E-state index in [2.05, 4.69) is 43.4 Å². The summed E-state index contributed by atoms with van der Waals surface area (Å²) in [6.45, 7) is 5.83. The second-order valence-corrected chi connectivity index (χ2v) is 4.66. The topological polar surface area (TPSA) is 41.5 Å². The smallest absolute Gasteiger partial charge is 0.0713 e. The predicted molar refractivity (Wildman–Crippen MR) is 69.7 cm³/mol. The highest BCUT2D eigenvalue weighted by Crippen LogP contribution is 2.07. The summed E-state index contributed by atoms with van der Waals surface area (Å²) in [7, 11) is 1.70. The first kappa shape index (κ1) is 14.2.